The zero-order valence-corrected chi connectivity index (χ0v) is 16.4. The van der Waals surface area contributed by atoms with E-state index in [9.17, 15) is 4.79 Å². The number of aromatic amines is 1. The van der Waals surface area contributed by atoms with Crippen molar-refractivity contribution in [3.05, 3.63) is 88.1 Å². The highest BCUT2D eigenvalue weighted by Gasteiger charge is 2.11. The van der Waals surface area contributed by atoms with Crippen LogP contribution >= 0.6 is 0 Å². The molecule has 0 aliphatic heterocycles. The van der Waals surface area contributed by atoms with Gasteiger partial charge in [-0.2, -0.15) is 9.78 Å². The molecule has 0 unspecified atom stereocenters. The lowest BCUT2D eigenvalue weighted by molar-refractivity contribution is 0.134. The van der Waals surface area contributed by atoms with Gasteiger partial charge < -0.3 is 9.15 Å². The molecule has 29 heavy (non-hydrogen) atoms. The summed E-state index contributed by atoms with van der Waals surface area (Å²) < 4.78 is 12.8. The molecule has 2 aromatic heterocycles. The van der Waals surface area contributed by atoms with Crippen LogP contribution in [-0.4, -0.2) is 26.4 Å². The minimum atomic E-state index is -0.289. The van der Waals surface area contributed by atoms with E-state index in [1.807, 2.05) is 31.2 Å². The summed E-state index contributed by atoms with van der Waals surface area (Å²) in [5.41, 5.74) is 4.68. The minimum absolute atomic E-state index is 0.289. The quantitative estimate of drug-likeness (QED) is 0.521. The van der Waals surface area contributed by atoms with Gasteiger partial charge >= 0.3 is 5.69 Å². The topological polar surface area (TPSA) is 85.9 Å². The Hall–Kier alpha value is -3.45. The Morgan fingerprint density at radius 3 is 2.90 bits per heavy atom. The van der Waals surface area contributed by atoms with Crippen molar-refractivity contribution >= 4 is 0 Å². The molecule has 2 heterocycles. The maximum atomic E-state index is 11.8. The van der Waals surface area contributed by atoms with Crippen molar-refractivity contribution in [2.24, 2.45) is 0 Å². The van der Waals surface area contributed by atoms with Gasteiger partial charge in [0.15, 0.2) is 11.7 Å². The molecule has 0 fully saturated rings. The van der Waals surface area contributed by atoms with Crippen molar-refractivity contribution in [1.82, 2.24) is 19.7 Å². The zero-order chi connectivity index (χ0) is 20.2. The average molecular weight is 390 g/mol. The number of hydrogen-bond donors (Lipinski definition) is 1. The van der Waals surface area contributed by atoms with Gasteiger partial charge in [0, 0.05) is 18.6 Å². The molecule has 148 valence electrons. The fraction of sp³-hybridized carbons (Fsp3) is 0.227. The van der Waals surface area contributed by atoms with E-state index in [-0.39, 0.29) is 5.69 Å². The first-order valence-corrected chi connectivity index (χ1v) is 9.48. The summed E-state index contributed by atoms with van der Waals surface area (Å²) in [5.74, 6) is 1.28. The smallest absolute Gasteiger partial charge is 0.347 e. The highest BCUT2D eigenvalue weighted by Crippen LogP contribution is 2.24. The third-order valence-electron chi connectivity index (χ3n) is 4.71. The number of ether oxygens (including phenoxy) is 1. The molecule has 0 radical (unpaired) electrons. The number of rotatable bonds is 7. The molecule has 0 amide bonds. The normalized spacial score (nSPS) is 11.1. The molecule has 0 saturated heterocycles. The average Bonchev–Trinajstić information content (AvgIpc) is 3.38. The molecular formula is C22H22N4O3. The Morgan fingerprint density at radius 1 is 1.21 bits per heavy atom. The fourth-order valence-electron chi connectivity index (χ4n) is 3.14. The first-order chi connectivity index (χ1) is 14.1. The second kappa shape index (κ2) is 8.28. The van der Waals surface area contributed by atoms with Crippen LogP contribution in [-0.2, 0) is 17.8 Å². The van der Waals surface area contributed by atoms with Crippen molar-refractivity contribution in [1.29, 1.82) is 0 Å². The Bertz CT molecular complexity index is 1170. The van der Waals surface area contributed by atoms with E-state index in [4.69, 9.17) is 9.15 Å². The molecule has 0 bridgehead atoms. The fourth-order valence-corrected chi connectivity index (χ4v) is 3.14. The van der Waals surface area contributed by atoms with Crippen LogP contribution in [0, 0.1) is 6.92 Å². The highest BCUT2D eigenvalue weighted by atomic mass is 16.5. The van der Waals surface area contributed by atoms with Crippen molar-refractivity contribution < 1.29 is 9.15 Å². The predicted molar refractivity (Wildman–Crippen MR) is 109 cm³/mol. The van der Waals surface area contributed by atoms with Crippen LogP contribution in [0.5, 0.6) is 0 Å². The number of aromatic nitrogens is 4. The van der Waals surface area contributed by atoms with E-state index in [1.54, 1.807) is 6.20 Å². The molecule has 0 atom stereocenters. The zero-order valence-electron chi connectivity index (χ0n) is 16.4. The van der Waals surface area contributed by atoms with Crippen molar-refractivity contribution in [2.75, 3.05) is 6.61 Å². The minimum Gasteiger partial charge on any atom is -0.440 e. The summed E-state index contributed by atoms with van der Waals surface area (Å²) in [6.07, 6.45) is 3.68. The van der Waals surface area contributed by atoms with Gasteiger partial charge in [-0.3, -0.25) is 4.98 Å². The van der Waals surface area contributed by atoms with E-state index in [1.165, 1.54) is 16.6 Å². The molecule has 0 saturated carbocycles. The van der Waals surface area contributed by atoms with Gasteiger partial charge in [-0.05, 0) is 42.7 Å². The maximum absolute atomic E-state index is 11.8. The number of hydrogen-bond acceptors (Lipinski definition) is 5. The lowest BCUT2D eigenvalue weighted by Gasteiger charge is -2.08. The Morgan fingerprint density at radius 2 is 2.10 bits per heavy atom. The van der Waals surface area contributed by atoms with Crippen LogP contribution in [0.25, 0.3) is 17.0 Å². The molecule has 2 aromatic carbocycles. The third kappa shape index (κ3) is 4.20. The molecule has 7 nitrogen and oxygen atoms in total. The lowest BCUT2D eigenvalue weighted by atomic mass is 10.0. The largest absolute Gasteiger partial charge is 0.440 e. The number of H-pyrrole nitrogens is 1. The highest BCUT2D eigenvalue weighted by molar-refractivity contribution is 5.60. The standard InChI is InChI=1S/C22H22N4O3/c1-3-28-13-16-8-7-15(2)18(9-16)11-21-23-12-20(29-21)17-5-4-6-19(10-17)26-22(27)24-14-25-26/h4-10,12,14H,3,11,13H2,1-2H3,(H,24,25,27). The maximum Gasteiger partial charge on any atom is 0.347 e. The summed E-state index contributed by atoms with van der Waals surface area (Å²) >= 11 is 0. The number of aryl methyl sites for hydroxylation is 1. The summed E-state index contributed by atoms with van der Waals surface area (Å²) in [7, 11) is 0. The lowest BCUT2D eigenvalue weighted by Crippen LogP contribution is -2.15. The summed E-state index contributed by atoms with van der Waals surface area (Å²) in [4.78, 5) is 18.8. The summed E-state index contributed by atoms with van der Waals surface area (Å²) in [6.45, 7) is 5.35. The first kappa shape index (κ1) is 18.9. The monoisotopic (exact) mass is 390 g/mol. The van der Waals surface area contributed by atoms with Crippen LogP contribution in [0.3, 0.4) is 0 Å². The summed E-state index contributed by atoms with van der Waals surface area (Å²) in [5, 5.41) is 4.01. The molecule has 0 spiro atoms. The van der Waals surface area contributed by atoms with E-state index in [0.29, 0.717) is 37.0 Å². The van der Waals surface area contributed by atoms with E-state index < -0.39 is 0 Å². The van der Waals surface area contributed by atoms with Crippen LogP contribution < -0.4 is 5.69 Å². The van der Waals surface area contributed by atoms with E-state index in [2.05, 4.69) is 40.2 Å². The first-order valence-electron chi connectivity index (χ1n) is 9.48. The number of oxazole rings is 1. The van der Waals surface area contributed by atoms with E-state index >= 15 is 0 Å². The second-order valence-electron chi connectivity index (χ2n) is 6.75. The van der Waals surface area contributed by atoms with Crippen LogP contribution in [0.15, 0.2) is 64.2 Å². The van der Waals surface area contributed by atoms with Crippen LogP contribution in [0.4, 0.5) is 0 Å². The molecule has 0 aliphatic carbocycles. The molecule has 1 N–H and O–H groups in total. The SMILES string of the molecule is CCOCc1ccc(C)c(Cc2ncc(-c3cccc(-n4nc[nH]c4=O)c3)o2)c1. The number of benzene rings is 2. The number of nitrogens with zero attached hydrogens (tertiary/aromatic N) is 3. The van der Waals surface area contributed by atoms with Crippen molar-refractivity contribution in [2.45, 2.75) is 26.9 Å². The van der Waals surface area contributed by atoms with Gasteiger partial charge in [-0.15, -0.1) is 0 Å². The van der Waals surface area contributed by atoms with Gasteiger partial charge in [0.25, 0.3) is 0 Å². The Balaban J connectivity index is 1.57. The Labute approximate surface area is 168 Å². The third-order valence-corrected chi connectivity index (χ3v) is 4.71. The van der Waals surface area contributed by atoms with Gasteiger partial charge in [0.05, 0.1) is 18.5 Å². The van der Waals surface area contributed by atoms with Gasteiger partial charge in [0.1, 0.15) is 6.33 Å². The van der Waals surface area contributed by atoms with Gasteiger partial charge in [-0.25, -0.2) is 9.78 Å². The predicted octanol–water partition coefficient (Wildman–Crippen LogP) is 3.65. The molecular weight excluding hydrogens is 368 g/mol. The van der Waals surface area contributed by atoms with Crippen molar-refractivity contribution in [3.8, 4) is 17.0 Å². The molecule has 4 aromatic rings. The molecule has 4 rings (SSSR count). The van der Waals surface area contributed by atoms with Gasteiger partial charge in [0.2, 0.25) is 0 Å². The number of nitrogens with one attached hydrogen (secondary N) is 1. The molecule has 0 aliphatic rings. The van der Waals surface area contributed by atoms with Crippen LogP contribution in [0.1, 0.15) is 29.5 Å². The second-order valence-corrected chi connectivity index (χ2v) is 6.75. The van der Waals surface area contributed by atoms with Crippen LogP contribution in [0.2, 0.25) is 0 Å². The summed E-state index contributed by atoms with van der Waals surface area (Å²) in [6, 6.07) is 13.8. The van der Waals surface area contributed by atoms with Gasteiger partial charge in [-0.1, -0.05) is 30.3 Å². The Kier molecular flexibility index (Phi) is 5.39. The van der Waals surface area contributed by atoms with E-state index in [0.717, 1.165) is 16.7 Å². The molecule has 7 heteroatoms. The van der Waals surface area contributed by atoms with Crippen molar-refractivity contribution in [3.63, 3.8) is 0 Å².